The van der Waals surface area contributed by atoms with Gasteiger partial charge in [-0.1, -0.05) is 18.2 Å². The van der Waals surface area contributed by atoms with E-state index in [2.05, 4.69) is 0 Å². The molecule has 0 atom stereocenters. The average molecular weight is 286 g/mol. The van der Waals surface area contributed by atoms with Crippen molar-refractivity contribution in [3.63, 3.8) is 0 Å². The molecule has 0 aliphatic rings. The molecule has 0 spiro atoms. The lowest BCUT2D eigenvalue weighted by atomic mass is 10.2. The summed E-state index contributed by atoms with van der Waals surface area (Å²) in [5, 5.41) is 16.3. The third kappa shape index (κ3) is 2.45. The van der Waals surface area contributed by atoms with Crippen LogP contribution in [0.1, 0.15) is 5.56 Å². The highest BCUT2D eigenvalue weighted by atomic mass is 32.2. The minimum absolute atomic E-state index is 0.224. The molecule has 0 saturated heterocycles. The van der Waals surface area contributed by atoms with E-state index in [1.54, 1.807) is 11.4 Å². The second kappa shape index (κ2) is 4.56. The lowest BCUT2D eigenvalue weighted by Crippen LogP contribution is -2.39. The lowest BCUT2D eigenvalue weighted by Gasteiger charge is -2.15. The first-order valence-corrected chi connectivity index (χ1v) is 7.26. The van der Waals surface area contributed by atoms with Gasteiger partial charge in [0.1, 0.15) is 0 Å². The molecule has 0 unspecified atom stereocenters. The molecule has 8 heteroatoms. The molecule has 18 heavy (non-hydrogen) atoms. The maximum atomic E-state index is 11.2. The first-order chi connectivity index (χ1) is 8.39. The van der Waals surface area contributed by atoms with Crippen molar-refractivity contribution < 1.29 is 18.3 Å². The maximum absolute atomic E-state index is 11.2. The second-order valence-corrected chi connectivity index (χ2v) is 5.97. The summed E-state index contributed by atoms with van der Waals surface area (Å²) in [5.74, 6) is 0. The Morgan fingerprint density at radius 1 is 1.39 bits per heavy atom. The van der Waals surface area contributed by atoms with E-state index < -0.39 is 16.3 Å². The lowest BCUT2D eigenvalue weighted by molar-refractivity contribution is 0.171. The highest BCUT2D eigenvalue weighted by Gasteiger charge is 2.24. The van der Waals surface area contributed by atoms with Gasteiger partial charge in [0.2, 0.25) is 0 Å². The molecule has 2 rings (SSSR count). The Kier molecular flexibility index (Phi) is 3.24. The second-order valence-electron chi connectivity index (χ2n) is 3.59. The van der Waals surface area contributed by atoms with E-state index in [0.29, 0.717) is 5.56 Å². The van der Waals surface area contributed by atoms with Gasteiger partial charge in [-0.3, -0.25) is 0 Å². The van der Waals surface area contributed by atoms with Crippen molar-refractivity contribution in [2.24, 2.45) is 5.14 Å². The van der Waals surface area contributed by atoms with E-state index in [9.17, 15) is 13.2 Å². The molecule has 1 amide bonds. The van der Waals surface area contributed by atoms with Crippen LogP contribution in [0.5, 0.6) is 0 Å². The molecule has 96 valence electrons. The number of rotatable bonds is 3. The number of amides is 1. The Morgan fingerprint density at radius 2 is 2.06 bits per heavy atom. The highest BCUT2D eigenvalue weighted by Crippen LogP contribution is 2.26. The minimum atomic E-state index is -4.27. The summed E-state index contributed by atoms with van der Waals surface area (Å²) in [4.78, 5) is 10.9. The van der Waals surface area contributed by atoms with Crippen LogP contribution < -0.4 is 5.14 Å². The van der Waals surface area contributed by atoms with E-state index >= 15 is 0 Å². The van der Waals surface area contributed by atoms with Crippen LogP contribution in [0.3, 0.4) is 0 Å². The van der Waals surface area contributed by atoms with Gasteiger partial charge in [-0.2, -0.15) is 12.7 Å². The molecule has 1 aromatic heterocycles. The summed E-state index contributed by atoms with van der Waals surface area (Å²) < 4.78 is 23.5. The van der Waals surface area contributed by atoms with Gasteiger partial charge in [0.15, 0.2) is 0 Å². The van der Waals surface area contributed by atoms with Crippen LogP contribution in [0.2, 0.25) is 0 Å². The molecule has 0 aliphatic carbocycles. The van der Waals surface area contributed by atoms with Crippen LogP contribution in [0.4, 0.5) is 4.79 Å². The fourth-order valence-corrected chi connectivity index (χ4v) is 3.07. The summed E-state index contributed by atoms with van der Waals surface area (Å²) >= 11 is 1.42. The topological polar surface area (TPSA) is 101 Å². The first kappa shape index (κ1) is 12.8. The van der Waals surface area contributed by atoms with Gasteiger partial charge in [0, 0.05) is 4.70 Å². The molecule has 0 aliphatic heterocycles. The van der Waals surface area contributed by atoms with Crippen LogP contribution in [-0.2, 0) is 16.8 Å². The number of nitrogens with two attached hydrogens (primary N) is 1. The zero-order chi connectivity index (χ0) is 13.3. The molecular weight excluding hydrogens is 276 g/mol. The van der Waals surface area contributed by atoms with Crippen molar-refractivity contribution in [2.45, 2.75) is 6.54 Å². The summed E-state index contributed by atoms with van der Waals surface area (Å²) in [5.41, 5.74) is 0.618. The quantitative estimate of drug-likeness (QED) is 0.894. The number of carbonyl (C=O) groups is 1. The highest BCUT2D eigenvalue weighted by molar-refractivity contribution is 7.87. The number of fused-ring (bicyclic) bond motifs is 1. The molecule has 0 fully saturated rings. The molecule has 2 aromatic rings. The van der Waals surface area contributed by atoms with Crippen molar-refractivity contribution in [3.8, 4) is 0 Å². The summed E-state index contributed by atoms with van der Waals surface area (Å²) in [6, 6.07) is 7.35. The Balaban J connectivity index is 2.41. The third-order valence-electron chi connectivity index (χ3n) is 2.40. The number of hydrogen-bond acceptors (Lipinski definition) is 4. The normalized spacial score (nSPS) is 11.6. The van der Waals surface area contributed by atoms with Gasteiger partial charge in [-0.25, -0.2) is 9.93 Å². The predicted molar refractivity (Wildman–Crippen MR) is 68.5 cm³/mol. The first-order valence-electron chi connectivity index (χ1n) is 4.88. The Morgan fingerprint density at radius 3 is 2.67 bits per heavy atom. The van der Waals surface area contributed by atoms with Crippen LogP contribution >= 0.6 is 11.3 Å². The summed E-state index contributed by atoms with van der Waals surface area (Å²) in [6.45, 7) is -0.280. The SMILES string of the molecule is NS(=O)(=O)N(Cc1csc2ccccc12)C(=O)O. The molecule has 0 bridgehead atoms. The molecule has 1 aromatic carbocycles. The van der Waals surface area contributed by atoms with E-state index in [1.807, 2.05) is 18.2 Å². The van der Waals surface area contributed by atoms with E-state index in [-0.39, 0.29) is 10.8 Å². The molecule has 3 N–H and O–H groups in total. The van der Waals surface area contributed by atoms with Crippen molar-refractivity contribution in [2.75, 3.05) is 0 Å². The Bertz CT molecular complexity index is 693. The van der Waals surface area contributed by atoms with Gasteiger partial charge in [-0.15, -0.1) is 11.3 Å². The number of hydrogen-bond donors (Lipinski definition) is 2. The molecule has 6 nitrogen and oxygen atoms in total. The zero-order valence-electron chi connectivity index (χ0n) is 9.11. The zero-order valence-corrected chi connectivity index (χ0v) is 10.7. The molecule has 0 radical (unpaired) electrons. The van der Waals surface area contributed by atoms with Gasteiger partial charge < -0.3 is 5.11 Å². The van der Waals surface area contributed by atoms with Gasteiger partial charge in [0.05, 0.1) is 6.54 Å². The predicted octanol–water partition coefficient (Wildman–Crippen LogP) is 1.58. The maximum Gasteiger partial charge on any atom is 0.422 e. The third-order valence-corrected chi connectivity index (χ3v) is 4.31. The summed E-state index contributed by atoms with van der Waals surface area (Å²) in [6.07, 6.45) is -1.59. The fraction of sp³-hybridized carbons (Fsp3) is 0.100. The fourth-order valence-electron chi connectivity index (χ4n) is 1.58. The molecular formula is C10H10N2O4S2. The van der Waals surface area contributed by atoms with Crippen molar-refractivity contribution >= 4 is 37.7 Å². The van der Waals surface area contributed by atoms with Gasteiger partial charge in [0.25, 0.3) is 0 Å². The number of carboxylic acid groups (broad SMARTS) is 1. The van der Waals surface area contributed by atoms with E-state index in [0.717, 1.165) is 10.1 Å². The van der Waals surface area contributed by atoms with Crippen LogP contribution in [0, 0.1) is 0 Å². The smallest absolute Gasteiger partial charge is 0.422 e. The monoisotopic (exact) mass is 286 g/mol. The van der Waals surface area contributed by atoms with Gasteiger partial charge in [-0.05, 0) is 22.4 Å². The molecule has 1 heterocycles. The Hall–Kier alpha value is -1.64. The van der Waals surface area contributed by atoms with Gasteiger partial charge >= 0.3 is 16.3 Å². The number of benzene rings is 1. The standard InChI is InChI=1S/C10H10N2O4S2/c11-18(15,16)12(10(13)14)5-7-6-17-9-4-2-1-3-8(7)9/h1-4,6H,5H2,(H,13,14)(H2,11,15,16). The average Bonchev–Trinajstić information content (AvgIpc) is 2.67. The van der Waals surface area contributed by atoms with Crippen LogP contribution in [0.25, 0.3) is 10.1 Å². The number of thiophene rings is 1. The summed E-state index contributed by atoms with van der Waals surface area (Å²) in [7, 11) is -4.27. The van der Waals surface area contributed by atoms with E-state index in [4.69, 9.17) is 10.2 Å². The minimum Gasteiger partial charge on any atom is -0.464 e. The number of nitrogens with zero attached hydrogens (tertiary/aromatic N) is 1. The largest absolute Gasteiger partial charge is 0.464 e. The van der Waals surface area contributed by atoms with Crippen molar-refractivity contribution in [1.82, 2.24) is 4.31 Å². The van der Waals surface area contributed by atoms with Crippen molar-refractivity contribution in [1.29, 1.82) is 0 Å². The van der Waals surface area contributed by atoms with Crippen LogP contribution in [0.15, 0.2) is 29.6 Å². The Labute approximate surface area is 107 Å². The van der Waals surface area contributed by atoms with Crippen LogP contribution in [-0.4, -0.2) is 23.9 Å². The molecule has 0 saturated carbocycles. The van der Waals surface area contributed by atoms with Crippen molar-refractivity contribution in [3.05, 3.63) is 35.2 Å². The van der Waals surface area contributed by atoms with E-state index in [1.165, 1.54) is 11.3 Å².